The third-order valence-electron chi connectivity index (χ3n) is 2.63. The van der Waals surface area contributed by atoms with Gasteiger partial charge in [-0.15, -0.1) is 0 Å². The molecule has 0 aliphatic heterocycles. The van der Waals surface area contributed by atoms with Crippen molar-refractivity contribution in [3.8, 4) is 0 Å². The van der Waals surface area contributed by atoms with Crippen LogP contribution in [0.25, 0.3) is 0 Å². The molecule has 132 valence electrons. The first-order chi connectivity index (χ1) is 9.73. The van der Waals surface area contributed by atoms with Gasteiger partial charge in [0, 0.05) is 0 Å². The SMILES string of the molecule is CCCCCC[O][Sn](=[O])[C](F)(F)C(F)(F)C(F)(F)C(F)(F)F. The van der Waals surface area contributed by atoms with Gasteiger partial charge in [-0.05, 0) is 0 Å². The summed E-state index contributed by atoms with van der Waals surface area (Å²) in [6.07, 6.45) is -5.07. The van der Waals surface area contributed by atoms with Crippen LogP contribution in [-0.2, 0) is 6.15 Å². The van der Waals surface area contributed by atoms with Gasteiger partial charge < -0.3 is 0 Å². The molecule has 0 radical (unpaired) electrons. The minimum atomic E-state index is -7.02. The summed E-state index contributed by atoms with van der Waals surface area (Å²) in [6, 6.07) is 0. The molecule has 0 bridgehead atoms. The van der Waals surface area contributed by atoms with E-state index in [2.05, 4.69) is 3.07 Å². The van der Waals surface area contributed by atoms with Crippen molar-refractivity contribution >= 4 is 20.2 Å². The maximum atomic E-state index is 13.1. The van der Waals surface area contributed by atoms with Crippen LogP contribution in [0.5, 0.6) is 0 Å². The van der Waals surface area contributed by atoms with Crippen molar-refractivity contribution in [1.29, 1.82) is 0 Å². The molecule has 0 heterocycles. The van der Waals surface area contributed by atoms with E-state index in [0.717, 1.165) is 6.42 Å². The molecule has 0 aromatic carbocycles. The number of unbranched alkanes of at least 4 members (excludes halogenated alkanes) is 3. The maximum absolute atomic E-state index is 13.1. The van der Waals surface area contributed by atoms with Gasteiger partial charge in [-0.3, -0.25) is 0 Å². The first kappa shape index (κ1) is 21.9. The van der Waals surface area contributed by atoms with E-state index in [1.54, 1.807) is 6.92 Å². The summed E-state index contributed by atoms with van der Waals surface area (Å²) in [5.41, 5.74) is 0. The molecule has 0 aliphatic rings. The van der Waals surface area contributed by atoms with Crippen LogP contribution in [0.2, 0.25) is 0 Å². The van der Waals surface area contributed by atoms with Crippen molar-refractivity contribution in [2.24, 2.45) is 0 Å². The Kier molecular flexibility index (Phi) is 7.64. The Balaban J connectivity index is 5.00. The Morgan fingerprint density at radius 3 is 1.73 bits per heavy atom. The van der Waals surface area contributed by atoms with Gasteiger partial charge in [-0.1, -0.05) is 0 Å². The van der Waals surface area contributed by atoms with Crippen molar-refractivity contribution in [3.63, 3.8) is 0 Å². The molecule has 0 unspecified atom stereocenters. The normalized spacial score (nSPS) is 14.3. The Labute approximate surface area is 127 Å². The molecule has 0 aliphatic carbocycles. The van der Waals surface area contributed by atoms with Crippen LogP contribution in [0.4, 0.5) is 39.5 Å². The molecule has 0 aromatic heterocycles. The van der Waals surface area contributed by atoms with Crippen LogP contribution < -0.4 is 0 Å². The second-order valence-corrected chi connectivity index (χ2v) is 8.67. The van der Waals surface area contributed by atoms with Crippen LogP contribution in [0.1, 0.15) is 32.6 Å². The summed E-state index contributed by atoms with van der Waals surface area (Å²) < 4.78 is 122. The van der Waals surface area contributed by atoms with Crippen LogP contribution in [0.15, 0.2) is 0 Å². The predicted octanol–water partition coefficient (Wildman–Crippen LogP) is 4.51. The average Bonchev–Trinajstić information content (AvgIpc) is 2.36. The summed E-state index contributed by atoms with van der Waals surface area (Å²) >= 11 is -6.21. The van der Waals surface area contributed by atoms with Gasteiger partial charge in [0.05, 0.1) is 0 Å². The van der Waals surface area contributed by atoms with Crippen LogP contribution >= 0.6 is 0 Å². The number of hydrogen-bond acceptors (Lipinski definition) is 2. The second kappa shape index (κ2) is 7.67. The first-order valence-electron chi connectivity index (χ1n) is 6.10. The molecule has 0 atom stereocenters. The molecule has 22 heavy (non-hydrogen) atoms. The molecule has 12 heteroatoms. The van der Waals surface area contributed by atoms with Gasteiger partial charge in [-0.25, -0.2) is 0 Å². The number of halogens is 9. The van der Waals surface area contributed by atoms with E-state index in [9.17, 15) is 42.6 Å². The molecule has 0 amide bonds. The summed E-state index contributed by atoms with van der Waals surface area (Å²) in [4.78, 5) is 0. The minimum absolute atomic E-state index is 0.0530. The van der Waals surface area contributed by atoms with E-state index in [-0.39, 0.29) is 6.42 Å². The molecule has 0 aromatic rings. The summed E-state index contributed by atoms with van der Waals surface area (Å²) in [5, 5.41) is 0. The topological polar surface area (TPSA) is 26.3 Å². The predicted molar refractivity (Wildman–Crippen MR) is 57.4 cm³/mol. The summed E-state index contributed by atoms with van der Waals surface area (Å²) in [5.74, 6) is -13.9. The number of hydrogen-bond donors (Lipinski definition) is 0. The molecule has 0 saturated carbocycles. The van der Waals surface area contributed by atoms with Crippen molar-refractivity contribution in [1.82, 2.24) is 0 Å². The molecule has 0 fully saturated rings. The van der Waals surface area contributed by atoms with Crippen molar-refractivity contribution in [3.05, 3.63) is 0 Å². The third kappa shape index (κ3) is 4.48. The van der Waals surface area contributed by atoms with E-state index in [1.807, 2.05) is 0 Å². The standard InChI is InChI=1S/C6H13O.C4F9.O.Sn/c1-2-3-4-5-6-7;5-1(6)2(7,8)3(9,10)4(11,12)13;;/h2-6H2,1H3;;;/q-1;;;+1. The molecular formula is C10H13F9O2Sn. The molecule has 2 nitrogen and oxygen atoms in total. The second-order valence-electron chi connectivity index (χ2n) is 4.42. The van der Waals surface area contributed by atoms with E-state index in [0.29, 0.717) is 12.8 Å². The Hall–Kier alpha value is -0.0713. The van der Waals surface area contributed by atoms with E-state index in [1.165, 1.54) is 0 Å². The zero-order valence-electron chi connectivity index (χ0n) is 11.3. The third-order valence-corrected chi connectivity index (χ3v) is 6.32. The molecule has 0 rings (SSSR count). The van der Waals surface area contributed by atoms with Gasteiger partial charge in [0.15, 0.2) is 0 Å². The fraction of sp³-hybridized carbons (Fsp3) is 1.00. The van der Waals surface area contributed by atoms with Crippen LogP contribution in [-0.4, -0.2) is 48.7 Å². The van der Waals surface area contributed by atoms with Gasteiger partial charge in [-0.2, -0.15) is 0 Å². The Morgan fingerprint density at radius 1 is 0.818 bits per heavy atom. The Bertz CT molecular complexity index is 381. The molecule has 0 N–H and O–H groups in total. The molecule has 0 saturated heterocycles. The molecular weight excluding hydrogens is 442 g/mol. The van der Waals surface area contributed by atoms with E-state index < -0.39 is 48.7 Å². The fourth-order valence-electron chi connectivity index (χ4n) is 1.29. The average molecular weight is 455 g/mol. The fourth-order valence-corrected chi connectivity index (χ4v) is 3.93. The van der Waals surface area contributed by atoms with E-state index in [4.69, 9.17) is 0 Å². The van der Waals surface area contributed by atoms with Crippen LogP contribution in [0.3, 0.4) is 0 Å². The number of rotatable bonds is 9. The monoisotopic (exact) mass is 456 g/mol. The van der Waals surface area contributed by atoms with Crippen molar-refractivity contribution in [2.75, 3.05) is 6.61 Å². The Morgan fingerprint density at radius 2 is 1.32 bits per heavy atom. The van der Waals surface area contributed by atoms with E-state index >= 15 is 0 Å². The molecule has 0 spiro atoms. The van der Waals surface area contributed by atoms with Crippen molar-refractivity contribution < 1.29 is 45.7 Å². The van der Waals surface area contributed by atoms with Gasteiger partial charge >= 0.3 is 127 Å². The van der Waals surface area contributed by atoms with Gasteiger partial charge in [0.2, 0.25) is 0 Å². The number of alkyl halides is 9. The first-order valence-corrected chi connectivity index (χ1v) is 9.86. The van der Waals surface area contributed by atoms with Gasteiger partial charge in [0.25, 0.3) is 0 Å². The zero-order chi connectivity index (χ0) is 17.8. The van der Waals surface area contributed by atoms with Crippen molar-refractivity contribution in [2.45, 2.75) is 54.6 Å². The zero-order valence-corrected chi connectivity index (χ0v) is 14.1. The summed E-state index contributed by atoms with van der Waals surface area (Å²) in [7, 11) is 0. The van der Waals surface area contributed by atoms with Gasteiger partial charge in [0.1, 0.15) is 0 Å². The summed E-state index contributed by atoms with van der Waals surface area (Å²) in [6.45, 7) is 1.13. The quantitative estimate of drug-likeness (QED) is 0.291. The van der Waals surface area contributed by atoms with Crippen LogP contribution in [0, 0.1) is 0 Å².